The van der Waals surface area contributed by atoms with Crippen LogP contribution in [0.25, 0.3) is 0 Å². The standard InChI is InChI=1S/C21H28N4O5S/c1-29-14-16-5-6-17(30-16)20(26)24-11-7-15(8-12-24)19-18(31(2,27)28)13-22-21(23-19)25-9-3-4-10-25/h5-6,13,15H,3-4,7-12,14H2,1-2H3. The van der Waals surface area contributed by atoms with Gasteiger partial charge in [0.05, 0.1) is 11.9 Å². The number of hydrogen-bond donors (Lipinski definition) is 0. The lowest BCUT2D eigenvalue weighted by Gasteiger charge is -2.32. The molecule has 2 fully saturated rings. The average Bonchev–Trinajstić information content (AvgIpc) is 3.45. The van der Waals surface area contributed by atoms with Crippen LogP contribution in [-0.4, -0.2) is 68.7 Å². The van der Waals surface area contributed by atoms with Gasteiger partial charge in [-0.25, -0.2) is 18.4 Å². The van der Waals surface area contributed by atoms with Crippen LogP contribution in [0, 0.1) is 0 Å². The van der Waals surface area contributed by atoms with E-state index in [1.54, 1.807) is 24.1 Å². The zero-order valence-electron chi connectivity index (χ0n) is 17.9. The second-order valence-electron chi connectivity index (χ2n) is 8.15. The van der Waals surface area contributed by atoms with E-state index in [4.69, 9.17) is 14.1 Å². The molecule has 0 aromatic carbocycles. The number of methoxy groups -OCH3 is 1. The van der Waals surface area contributed by atoms with E-state index < -0.39 is 9.84 Å². The number of likely N-dealkylation sites (tertiary alicyclic amines) is 1. The van der Waals surface area contributed by atoms with Gasteiger partial charge in [0.25, 0.3) is 5.91 Å². The predicted molar refractivity (Wildman–Crippen MR) is 114 cm³/mol. The molecule has 0 spiro atoms. The van der Waals surface area contributed by atoms with Crippen LogP contribution < -0.4 is 4.90 Å². The Bertz CT molecular complexity index is 1040. The van der Waals surface area contributed by atoms with E-state index in [0.29, 0.717) is 55.7 Å². The molecule has 0 aliphatic carbocycles. The van der Waals surface area contributed by atoms with E-state index in [2.05, 4.69) is 9.88 Å². The Labute approximate surface area is 182 Å². The first kappa shape index (κ1) is 21.8. The zero-order chi connectivity index (χ0) is 22.0. The maximum absolute atomic E-state index is 12.8. The van der Waals surface area contributed by atoms with Crippen LogP contribution in [0.5, 0.6) is 0 Å². The Kier molecular flexibility index (Phi) is 6.29. The normalized spacial score (nSPS) is 18.0. The lowest BCUT2D eigenvalue weighted by Crippen LogP contribution is -2.38. The molecule has 4 rings (SSSR count). The molecule has 0 unspecified atom stereocenters. The van der Waals surface area contributed by atoms with Crippen molar-refractivity contribution in [3.8, 4) is 0 Å². The van der Waals surface area contributed by atoms with Crippen molar-refractivity contribution >= 4 is 21.7 Å². The molecule has 0 atom stereocenters. The number of furan rings is 1. The third-order valence-electron chi connectivity index (χ3n) is 5.89. The lowest BCUT2D eigenvalue weighted by atomic mass is 9.93. The summed E-state index contributed by atoms with van der Waals surface area (Å²) in [7, 11) is -1.88. The highest BCUT2D eigenvalue weighted by atomic mass is 32.2. The molecule has 31 heavy (non-hydrogen) atoms. The number of carbonyl (C=O) groups excluding carboxylic acids is 1. The fourth-order valence-electron chi connectivity index (χ4n) is 4.25. The summed E-state index contributed by atoms with van der Waals surface area (Å²) in [5.74, 6) is 1.29. The highest BCUT2D eigenvalue weighted by Crippen LogP contribution is 2.33. The number of rotatable bonds is 6. The number of nitrogens with zero attached hydrogens (tertiary/aromatic N) is 4. The van der Waals surface area contributed by atoms with Crippen molar-refractivity contribution in [1.29, 1.82) is 0 Å². The number of sulfone groups is 1. The van der Waals surface area contributed by atoms with Crippen LogP contribution in [-0.2, 0) is 21.2 Å². The molecule has 2 aromatic heterocycles. The van der Waals surface area contributed by atoms with Crippen LogP contribution in [0.15, 0.2) is 27.6 Å². The fraction of sp³-hybridized carbons (Fsp3) is 0.571. The molecule has 1 amide bonds. The Morgan fingerprint density at radius 1 is 1.19 bits per heavy atom. The number of piperidine rings is 1. The van der Waals surface area contributed by atoms with Crippen molar-refractivity contribution in [2.45, 2.75) is 43.1 Å². The molecule has 2 saturated heterocycles. The van der Waals surface area contributed by atoms with Crippen LogP contribution in [0.4, 0.5) is 5.95 Å². The molecule has 0 bridgehead atoms. The van der Waals surface area contributed by atoms with Gasteiger partial charge in [-0.15, -0.1) is 0 Å². The van der Waals surface area contributed by atoms with Crippen LogP contribution in [0.3, 0.4) is 0 Å². The molecule has 9 nitrogen and oxygen atoms in total. The first-order valence-corrected chi connectivity index (χ1v) is 12.4. The second kappa shape index (κ2) is 8.96. The zero-order valence-corrected chi connectivity index (χ0v) is 18.7. The summed E-state index contributed by atoms with van der Waals surface area (Å²) in [5, 5.41) is 0. The maximum atomic E-state index is 12.8. The molecular formula is C21H28N4O5S. The van der Waals surface area contributed by atoms with Crippen molar-refractivity contribution < 1.29 is 22.4 Å². The number of aromatic nitrogens is 2. The summed E-state index contributed by atoms with van der Waals surface area (Å²) >= 11 is 0. The van der Waals surface area contributed by atoms with E-state index in [1.807, 2.05) is 0 Å². The molecule has 0 N–H and O–H groups in total. The fourth-order valence-corrected chi connectivity index (χ4v) is 5.08. The van der Waals surface area contributed by atoms with Crippen molar-refractivity contribution in [1.82, 2.24) is 14.9 Å². The molecule has 4 heterocycles. The number of amides is 1. The van der Waals surface area contributed by atoms with Gasteiger partial charge in [-0.1, -0.05) is 0 Å². The van der Waals surface area contributed by atoms with Crippen LogP contribution in [0.2, 0.25) is 0 Å². The minimum absolute atomic E-state index is 0.0428. The highest BCUT2D eigenvalue weighted by molar-refractivity contribution is 7.90. The van der Waals surface area contributed by atoms with Gasteiger partial charge in [0.15, 0.2) is 15.6 Å². The van der Waals surface area contributed by atoms with Gasteiger partial charge in [0.1, 0.15) is 17.3 Å². The van der Waals surface area contributed by atoms with Crippen LogP contribution >= 0.6 is 0 Å². The monoisotopic (exact) mass is 448 g/mol. The Morgan fingerprint density at radius 2 is 1.90 bits per heavy atom. The quantitative estimate of drug-likeness (QED) is 0.662. The molecule has 2 aromatic rings. The van der Waals surface area contributed by atoms with Gasteiger partial charge >= 0.3 is 0 Å². The molecule has 0 radical (unpaired) electrons. The van der Waals surface area contributed by atoms with Crippen LogP contribution in [0.1, 0.15) is 53.6 Å². The number of anilines is 1. The third-order valence-corrected chi connectivity index (χ3v) is 7.00. The first-order valence-electron chi connectivity index (χ1n) is 10.6. The third kappa shape index (κ3) is 4.74. The van der Waals surface area contributed by atoms with Gasteiger partial charge in [-0.2, -0.15) is 0 Å². The summed E-state index contributed by atoms with van der Waals surface area (Å²) in [6, 6.07) is 3.40. The summed E-state index contributed by atoms with van der Waals surface area (Å²) in [4.78, 5) is 25.8. The summed E-state index contributed by atoms with van der Waals surface area (Å²) in [6.07, 6.45) is 6.09. The first-order chi connectivity index (χ1) is 14.9. The average molecular weight is 449 g/mol. The molecule has 168 valence electrons. The SMILES string of the molecule is COCc1ccc(C(=O)N2CCC(c3nc(N4CCCC4)ncc3S(C)(=O)=O)CC2)o1. The van der Waals surface area contributed by atoms with Crippen molar-refractivity contribution in [2.24, 2.45) is 0 Å². The molecule has 10 heteroatoms. The van der Waals surface area contributed by atoms with Crippen molar-refractivity contribution in [2.75, 3.05) is 44.4 Å². The van der Waals surface area contributed by atoms with E-state index in [9.17, 15) is 13.2 Å². The Morgan fingerprint density at radius 3 is 2.55 bits per heavy atom. The summed E-state index contributed by atoms with van der Waals surface area (Å²) < 4.78 is 35.3. The highest BCUT2D eigenvalue weighted by Gasteiger charge is 2.31. The molecule has 2 aliphatic rings. The minimum Gasteiger partial charge on any atom is -0.453 e. The largest absolute Gasteiger partial charge is 0.453 e. The smallest absolute Gasteiger partial charge is 0.289 e. The number of carbonyl (C=O) groups is 1. The molecule has 0 saturated carbocycles. The summed E-state index contributed by atoms with van der Waals surface area (Å²) in [6.45, 7) is 3.11. The van der Waals surface area contributed by atoms with E-state index in [1.165, 1.54) is 12.5 Å². The predicted octanol–water partition coefficient (Wildman–Crippen LogP) is 2.24. The van der Waals surface area contributed by atoms with Crippen molar-refractivity contribution in [3.63, 3.8) is 0 Å². The summed E-state index contributed by atoms with van der Waals surface area (Å²) in [5.41, 5.74) is 0.576. The maximum Gasteiger partial charge on any atom is 0.289 e. The molecule has 2 aliphatic heterocycles. The molecular weight excluding hydrogens is 420 g/mol. The van der Waals surface area contributed by atoms with Gasteiger partial charge in [0, 0.05) is 45.5 Å². The second-order valence-corrected chi connectivity index (χ2v) is 10.1. The lowest BCUT2D eigenvalue weighted by molar-refractivity contribution is 0.0671. The Balaban J connectivity index is 1.50. The van der Waals surface area contributed by atoms with E-state index >= 15 is 0 Å². The van der Waals surface area contributed by atoms with Gasteiger partial charge in [-0.05, 0) is 37.8 Å². The van der Waals surface area contributed by atoms with Gasteiger partial charge in [0.2, 0.25) is 5.95 Å². The number of ether oxygens (including phenoxy) is 1. The topological polar surface area (TPSA) is 106 Å². The van der Waals surface area contributed by atoms with Gasteiger partial charge in [-0.3, -0.25) is 4.79 Å². The minimum atomic E-state index is -3.45. The van der Waals surface area contributed by atoms with Gasteiger partial charge < -0.3 is 19.0 Å². The van der Waals surface area contributed by atoms with E-state index in [0.717, 1.165) is 25.9 Å². The Hall–Kier alpha value is -2.46. The van der Waals surface area contributed by atoms with Crippen molar-refractivity contribution in [3.05, 3.63) is 35.5 Å². The van der Waals surface area contributed by atoms with E-state index in [-0.39, 0.29) is 16.7 Å². The number of hydrogen-bond acceptors (Lipinski definition) is 8.